The van der Waals surface area contributed by atoms with Crippen LogP contribution in [0, 0.1) is 18.8 Å². The van der Waals surface area contributed by atoms with Crippen molar-refractivity contribution < 1.29 is 9.59 Å². The van der Waals surface area contributed by atoms with Crippen LogP contribution in [0.25, 0.3) is 10.6 Å². The predicted octanol–water partition coefficient (Wildman–Crippen LogP) is 4.03. The van der Waals surface area contributed by atoms with E-state index in [1.165, 1.54) is 11.3 Å². The van der Waals surface area contributed by atoms with Gasteiger partial charge in [-0.2, -0.15) is 0 Å². The van der Waals surface area contributed by atoms with E-state index in [1.54, 1.807) is 0 Å². The summed E-state index contributed by atoms with van der Waals surface area (Å²) in [5.74, 6) is -0.104. The van der Waals surface area contributed by atoms with E-state index in [9.17, 15) is 9.59 Å². The second-order valence-corrected chi connectivity index (χ2v) is 8.28. The van der Waals surface area contributed by atoms with Gasteiger partial charge in [0.1, 0.15) is 11.0 Å². The minimum absolute atomic E-state index is 0.0188. The zero-order chi connectivity index (χ0) is 20.0. The number of aryl methyl sites for hydroxylation is 1. The summed E-state index contributed by atoms with van der Waals surface area (Å²) >= 11 is 1.32. The fourth-order valence-electron chi connectivity index (χ4n) is 2.66. The molecule has 6 nitrogen and oxygen atoms in total. The largest absolute Gasteiger partial charge is 0.344 e. The van der Waals surface area contributed by atoms with Crippen LogP contribution >= 0.6 is 11.3 Å². The average Bonchev–Trinajstić information content (AvgIpc) is 3.06. The van der Waals surface area contributed by atoms with Gasteiger partial charge in [0.15, 0.2) is 0 Å². The fraction of sp³-hybridized carbons (Fsp3) is 0.500. The van der Waals surface area contributed by atoms with Crippen molar-refractivity contribution in [3.05, 3.63) is 29.8 Å². The second kappa shape index (κ2) is 9.60. The maximum atomic E-state index is 12.7. The Balaban J connectivity index is 2.09. The SMILES string of the molecule is CC[C@@H](C)[C@H](NC(=O)CC(C)C)C(=O)Nc1nnc(-c2cccc(C)c2)s1. The van der Waals surface area contributed by atoms with Gasteiger partial charge in [-0.05, 0) is 24.8 Å². The standard InChI is InChI=1S/C20H28N4O2S/c1-6-14(5)17(21-16(25)10-12(2)3)18(26)22-20-24-23-19(27-20)15-9-7-8-13(4)11-15/h7-9,11-12,14,17H,6,10H2,1-5H3,(H,21,25)(H,22,24,26)/t14-,17+/m1/s1. The number of carbonyl (C=O) groups excluding carboxylic acids is 2. The Morgan fingerprint density at radius 3 is 2.56 bits per heavy atom. The number of carbonyl (C=O) groups is 2. The number of hydrogen-bond acceptors (Lipinski definition) is 5. The first-order chi connectivity index (χ1) is 12.8. The van der Waals surface area contributed by atoms with Crippen molar-refractivity contribution in [1.29, 1.82) is 0 Å². The number of rotatable bonds is 8. The Morgan fingerprint density at radius 1 is 1.19 bits per heavy atom. The fourth-order valence-corrected chi connectivity index (χ4v) is 3.40. The van der Waals surface area contributed by atoms with E-state index in [1.807, 2.05) is 58.9 Å². The Kier molecular flexibility index (Phi) is 7.47. The van der Waals surface area contributed by atoms with Crippen LogP contribution in [0.4, 0.5) is 5.13 Å². The third-order valence-electron chi connectivity index (χ3n) is 4.33. The molecule has 2 atom stereocenters. The van der Waals surface area contributed by atoms with Crippen LogP contribution in [0.15, 0.2) is 24.3 Å². The smallest absolute Gasteiger partial charge is 0.249 e. The van der Waals surface area contributed by atoms with Gasteiger partial charge in [0.25, 0.3) is 0 Å². The number of hydrogen-bond donors (Lipinski definition) is 2. The summed E-state index contributed by atoms with van der Waals surface area (Å²) < 4.78 is 0. The molecule has 146 valence electrons. The van der Waals surface area contributed by atoms with Crippen LogP contribution in [-0.4, -0.2) is 28.1 Å². The Morgan fingerprint density at radius 2 is 1.93 bits per heavy atom. The summed E-state index contributed by atoms with van der Waals surface area (Å²) in [5, 5.41) is 15.1. The van der Waals surface area contributed by atoms with E-state index in [-0.39, 0.29) is 23.7 Å². The van der Waals surface area contributed by atoms with Crippen molar-refractivity contribution in [2.45, 2.75) is 53.5 Å². The first-order valence-corrected chi connectivity index (χ1v) is 10.1. The molecule has 0 unspecified atom stereocenters. The highest BCUT2D eigenvalue weighted by Gasteiger charge is 2.27. The molecule has 1 aromatic carbocycles. The number of nitrogens with one attached hydrogen (secondary N) is 2. The Hall–Kier alpha value is -2.28. The summed E-state index contributed by atoms with van der Waals surface area (Å²) in [7, 11) is 0. The lowest BCUT2D eigenvalue weighted by Gasteiger charge is -2.23. The van der Waals surface area contributed by atoms with Crippen molar-refractivity contribution in [2.24, 2.45) is 11.8 Å². The van der Waals surface area contributed by atoms with E-state index in [0.29, 0.717) is 11.6 Å². The molecule has 0 aliphatic rings. The maximum Gasteiger partial charge on any atom is 0.249 e. The van der Waals surface area contributed by atoms with Crippen molar-refractivity contribution in [2.75, 3.05) is 5.32 Å². The normalized spacial score (nSPS) is 13.3. The first-order valence-electron chi connectivity index (χ1n) is 9.30. The molecule has 0 aliphatic carbocycles. The second-order valence-electron chi connectivity index (χ2n) is 7.30. The summed E-state index contributed by atoms with van der Waals surface area (Å²) in [6.45, 7) is 9.93. The molecular formula is C20H28N4O2S. The molecule has 2 aromatic rings. The van der Waals surface area contributed by atoms with Crippen LogP contribution in [0.5, 0.6) is 0 Å². The summed E-state index contributed by atoms with van der Waals surface area (Å²) in [6, 6.07) is 7.39. The van der Waals surface area contributed by atoms with Crippen molar-refractivity contribution in [3.63, 3.8) is 0 Å². The number of benzene rings is 1. The molecule has 0 saturated heterocycles. The Bertz CT molecular complexity index is 788. The highest BCUT2D eigenvalue weighted by atomic mass is 32.1. The number of aromatic nitrogens is 2. The van der Waals surface area contributed by atoms with Crippen molar-refractivity contribution in [3.8, 4) is 10.6 Å². The van der Waals surface area contributed by atoms with E-state index in [0.717, 1.165) is 22.6 Å². The van der Waals surface area contributed by atoms with Crippen molar-refractivity contribution in [1.82, 2.24) is 15.5 Å². The molecule has 2 amide bonds. The molecule has 0 bridgehead atoms. The first kappa shape index (κ1) is 21.0. The number of nitrogens with zero attached hydrogens (tertiary/aromatic N) is 2. The monoisotopic (exact) mass is 388 g/mol. The maximum absolute atomic E-state index is 12.7. The number of anilines is 1. The van der Waals surface area contributed by atoms with Crippen LogP contribution in [-0.2, 0) is 9.59 Å². The zero-order valence-corrected chi connectivity index (χ0v) is 17.4. The highest BCUT2D eigenvalue weighted by molar-refractivity contribution is 7.18. The number of amides is 2. The molecule has 7 heteroatoms. The molecule has 1 heterocycles. The van der Waals surface area contributed by atoms with Gasteiger partial charge in [-0.1, -0.05) is 69.2 Å². The van der Waals surface area contributed by atoms with Gasteiger partial charge in [-0.15, -0.1) is 10.2 Å². The van der Waals surface area contributed by atoms with Crippen LogP contribution in [0.1, 0.15) is 46.1 Å². The van der Waals surface area contributed by atoms with E-state index < -0.39 is 6.04 Å². The molecule has 0 saturated carbocycles. The minimum Gasteiger partial charge on any atom is -0.344 e. The lowest BCUT2D eigenvalue weighted by Crippen LogP contribution is -2.47. The van der Waals surface area contributed by atoms with Gasteiger partial charge in [0, 0.05) is 12.0 Å². The average molecular weight is 389 g/mol. The molecule has 0 spiro atoms. The summed E-state index contributed by atoms with van der Waals surface area (Å²) in [6.07, 6.45) is 1.18. The van der Waals surface area contributed by atoms with Gasteiger partial charge in [0.2, 0.25) is 16.9 Å². The van der Waals surface area contributed by atoms with Gasteiger partial charge in [0.05, 0.1) is 0 Å². The molecule has 1 aromatic heterocycles. The molecule has 0 fully saturated rings. The van der Waals surface area contributed by atoms with Crippen molar-refractivity contribution >= 4 is 28.3 Å². The highest BCUT2D eigenvalue weighted by Crippen LogP contribution is 2.27. The summed E-state index contributed by atoms with van der Waals surface area (Å²) in [4.78, 5) is 24.9. The van der Waals surface area contributed by atoms with Gasteiger partial charge in [-0.25, -0.2) is 0 Å². The molecule has 0 radical (unpaired) electrons. The minimum atomic E-state index is -0.590. The molecule has 2 rings (SSSR count). The van der Waals surface area contributed by atoms with Gasteiger partial charge in [-0.3, -0.25) is 14.9 Å². The van der Waals surface area contributed by atoms with E-state index in [4.69, 9.17) is 0 Å². The Labute approximate surface area is 164 Å². The molecule has 0 aliphatic heterocycles. The van der Waals surface area contributed by atoms with E-state index >= 15 is 0 Å². The zero-order valence-electron chi connectivity index (χ0n) is 16.6. The summed E-state index contributed by atoms with van der Waals surface area (Å²) in [5.41, 5.74) is 2.11. The van der Waals surface area contributed by atoms with Crippen LogP contribution in [0.2, 0.25) is 0 Å². The topological polar surface area (TPSA) is 84.0 Å². The third kappa shape index (κ3) is 6.13. The van der Waals surface area contributed by atoms with E-state index in [2.05, 4.69) is 20.8 Å². The quantitative estimate of drug-likeness (QED) is 0.715. The lowest BCUT2D eigenvalue weighted by molar-refractivity contribution is -0.128. The third-order valence-corrected chi connectivity index (χ3v) is 5.21. The molecular weight excluding hydrogens is 360 g/mol. The molecule has 27 heavy (non-hydrogen) atoms. The van der Waals surface area contributed by atoms with Gasteiger partial charge >= 0.3 is 0 Å². The molecule has 2 N–H and O–H groups in total. The predicted molar refractivity (Wildman–Crippen MR) is 110 cm³/mol. The van der Waals surface area contributed by atoms with Crippen LogP contribution < -0.4 is 10.6 Å². The van der Waals surface area contributed by atoms with Crippen LogP contribution in [0.3, 0.4) is 0 Å². The lowest BCUT2D eigenvalue weighted by atomic mass is 9.97. The van der Waals surface area contributed by atoms with Gasteiger partial charge < -0.3 is 5.32 Å².